The van der Waals surface area contributed by atoms with E-state index in [1.165, 1.54) is 43.4 Å². The lowest BCUT2D eigenvalue weighted by atomic mass is 10.0. The molecule has 2 aromatic rings. The average molecular weight is 308 g/mol. The molecular formula is C19H24N4. The van der Waals surface area contributed by atoms with E-state index in [1.54, 1.807) is 0 Å². The van der Waals surface area contributed by atoms with Crippen molar-refractivity contribution in [3.63, 3.8) is 0 Å². The molecular weight excluding hydrogens is 284 g/mol. The van der Waals surface area contributed by atoms with Crippen molar-refractivity contribution in [1.29, 1.82) is 0 Å². The molecule has 0 radical (unpaired) electrons. The summed E-state index contributed by atoms with van der Waals surface area (Å²) in [5, 5.41) is 3.61. The van der Waals surface area contributed by atoms with E-state index in [0.29, 0.717) is 6.04 Å². The summed E-state index contributed by atoms with van der Waals surface area (Å²) in [5.74, 6) is 2.83. The highest BCUT2D eigenvalue weighted by atomic mass is 15.2. The maximum atomic E-state index is 4.71. The summed E-state index contributed by atoms with van der Waals surface area (Å²) in [6.45, 7) is 3.01. The summed E-state index contributed by atoms with van der Waals surface area (Å²) in [7, 11) is 0. The average Bonchev–Trinajstić information content (AvgIpc) is 3.06. The molecule has 4 rings (SSSR count). The molecule has 1 aliphatic carbocycles. The number of nitrogens with zero attached hydrogens (tertiary/aromatic N) is 3. The van der Waals surface area contributed by atoms with Crippen LogP contribution < -0.4 is 10.2 Å². The minimum absolute atomic E-state index is 0.575. The van der Waals surface area contributed by atoms with Gasteiger partial charge in [-0.15, -0.1) is 0 Å². The van der Waals surface area contributed by atoms with Crippen LogP contribution in [0.1, 0.15) is 43.5 Å². The second-order valence-corrected chi connectivity index (χ2v) is 6.67. The fourth-order valence-corrected chi connectivity index (χ4v) is 3.82. The summed E-state index contributed by atoms with van der Waals surface area (Å²) in [4.78, 5) is 11.6. The summed E-state index contributed by atoms with van der Waals surface area (Å²) >= 11 is 0. The van der Waals surface area contributed by atoms with Gasteiger partial charge in [0.05, 0.1) is 0 Å². The van der Waals surface area contributed by atoms with Crippen LogP contribution in [-0.4, -0.2) is 22.6 Å². The first-order chi connectivity index (χ1) is 11.3. The maximum absolute atomic E-state index is 4.71. The van der Waals surface area contributed by atoms with Gasteiger partial charge in [-0.1, -0.05) is 31.0 Å². The highest BCUT2D eigenvalue weighted by molar-refractivity contribution is 5.67. The number of fused-ring (bicyclic) bond motifs is 1. The number of nitrogens with one attached hydrogen (secondary N) is 1. The standard InChI is InChI=1S/C19H24N4/c1-14-20-18(22-16-9-3-4-10-16)13-19(21-14)23-12-6-8-15-7-2-5-11-17(15)23/h2,5,7,11,13,16H,3-4,6,8-10,12H2,1H3,(H,20,21,22). The predicted molar refractivity (Wildman–Crippen MR) is 94.4 cm³/mol. The van der Waals surface area contributed by atoms with Crippen LogP contribution in [0.15, 0.2) is 30.3 Å². The van der Waals surface area contributed by atoms with Gasteiger partial charge in [-0.05, 0) is 44.2 Å². The molecule has 1 aromatic heterocycles. The van der Waals surface area contributed by atoms with Crippen molar-refractivity contribution < 1.29 is 0 Å². The van der Waals surface area contributed by atoms with Gasteiger partial charge in [-0.3, -0.25) is 0 Å². The third-order valence-corrected chi connectivity index (χ3v) is 4.92. The lowest BCUT2D eigenvalue weighted by Gasteiger charge is -2.30. The minimum Gasteiger partial charge on any atom is -0.367 e. The van der Waals surface area contributed by atoms with Gasteiger partial charge in [0.25, 0.3) is 0 Å². The van der Waals surface area contributed by atoms with E-state index >= 15 is 0 Å². The largest absolute Gasteiger partial charge is 0.367 e. The molecule has 1 saturated carbocycles. The first kappa shape index (κ1) is 14.5. The van der Waals surface area contributed by atoms with Gasteiger partial charge in [0.15, 0.2) is 0 Å². The van der Waals surface area contributed by atoms with Gasteiger partial charge in [-0.2, -0.15) is 0 Å². The van der Waals surface area contributed by atoms with Gasteiger partial charge in [0, 0.05) is 24.3 Å². The van der Waals surface area contributed by atoms with E-state index in [2.05, 4.69) is 45.5 Å². The molecule has 1 N–H and O–H groups in total. The van der Waals surface area contributed by atoms with Crippen LogP contribution >= 0.6 is 0 Å². The van der Waals surface area contributed by atoms with E-state index in [1.807, 2.05) is 6.92 Å². The van der Waals surface area contributed by atoms with Crippen molar-refractivity contribution >= 4 is 17.3 Å². The summed E-state index contributed by atoms with van der Waals surface area (Å²) < 4.78 is 0. The van der Waals surface area contributed by atoms with Crippen molar-refractivity contribution in [3.8, 4) is 0 Å². The SMILES string of the molecule is Cc1nc(NC2CCCC2)cc(N2CCCc3ccccc32)n1. The van der Waals surface area contributed by atoms with Crippen LogP contribution in [0.2, 0.25) is 0 Å². The quantitative estimate of drug-likeness (QED) is 0.921. The van der Waals surface area contributed by atoms with Gasteiger partial charge >= 0.3 is 0 Å². The van der Waals surface area contributed by atoms with Crippen LogP contribution in [-0.2, 0) is 6.42 Å². The minimum atomic E-state index is 0.575. The van der Waals surface area contributed by atoms with Crippen molar-refractivity contribution in [2.75, 3.05) is 16.8 Å². The Bertz CT molecular complexity index is 692. The number of aromatic nitrogens is 2. The first-order valence-electron chi connectivity index (χ1n) is 8.77. The van der Waals surface area contributed by atoms with Crippen molar-refractivity contribution in [2.45, 2.75) is 51.5 Å². The Morgan fingerprint density at radius 2 is 1.91 bits per heavy atom. The zero-order chi connectivity index (χ0) is 15.6. The fraction of sp³-hybridized carbons (Fsp3) is 0.474. The van der Waals surface area contributed by atoms with Gasteiger partial charge < -0.3 is 10.2 Å². The van der Waals surface area contributed by atoms with Crippen LogP contribution in [0.5, 0.6) is 0 Å². The normalized spacial score (nSPS) is 18.0. The molecule has 0 unspecified atom stereocenters. The molecule has 23 heavy (non-hydrogen) atoms. The van der Waals surface area contributed by atoms with Crippen LogP contribution in [0, 0.1) is 6.92 Å². The summed E-state index contributed by atoms with van der Waals surface area (Å²) in [5.41, 5.74) is 2.71. The van der Waals surface area contributed by atoms with E-state index < -0.39 is 0 Å². The molecule has 2 aliphatic rings. The Kier molecular flexibility index (Phi) is 3.90. The van der Waals surface area contributed by atoms with Crippen molar-refractivity contribution in [1.82, 2.24) is 9.97 Å². The summed E-state index contributed by atoms with van der Waals surface area (Å²) in [6, 6.07) is 11.4. The molecule has 1 aliphatic heterocycles. The number of para-hydroxylation sites is 1. The molecule has 1 aromatic carbocycles. The smallest absolute Gasteiger partial charge is 0.138 e. The van der Waals surface area contributed by atoms with Gasteiger partial charge in [0.1, 0.15) is 17.5 Å². The predicted octanol–water partition coefficient (Wildman–Crippen LogP) is 4.22. The molecule has 1 fully saturated rings. The number of rotatable bonds is 3. The Labute approximate surface area is 138 Å². The Hall–Kier alpha value is -2.10. The van der Waals surface area contributed by atoms with E-state index in [4.69, 9.17) is 4.98 Å². The Morgan fingerprint density at radius 3 is 2.78 bits per heavy atom. The highest BCUT2D eigenvalue weighted by Gasteiger charge is 2.21. The van der Waals surface area contributed by atoms with Crippen molar-refractivity contribution in [3.05, 3.63) is 41.7 Å². The molecule has 0 bridgehead atoms. The topological polar surface area (TPSA) is 41.1 Å². The maximum Gasteiger partial charge on any atom is 0.138 e. The molecule has 4 nitrogen and oxygen atoms in total. The zero-order valence-electron chi connectivity index (χ0n) is 13.8. The number of hydrogen-bond acceptors (Lipinski definition) is 4. The molecule has 0 amide bonds. The molecule has 120 valence electrons. The monoisotopic (exact) mass is 308 g/mol. The fourth-order valence-electron chi connectivity index (χ4n) is 3.82. The molecule has 0 atom stereocenters. The Balaban J connectivity index is 1.65. The van der Waals surface area contributed by atoms with E-state index in [0.717, 1.165) is 30.4 Å². The van der Waals surface area contributed by atoms with Crippen LogP contribution in [0.4, 0.5) is 17.3 Å². The van der Waals surface area contributed by atoms with Gasteiger partial charge in [-0.25, -0.2) is 9.97 Å². The molecule has 2 heterocycles. The summed E-state index contributed by atoms with van der Waals surface area (Å²) in [6.07, 6.45) is 7.49. The lowest BCUT2D eigenvalue weighted by Crippen LogP contribution is -2.26. The first-order valence-corrected chi connectivity index (χ1v) is 8.77. The lowest BCUT2D eigenvalue weighted by molar-refractivity contribution is 0.742. The van der Waals surface area contributed by atoms with Crippen LogP contribution in [0.3, 0.4) is 0 Å². The number of hydrogen-bond donors (Lipinski definition) is 1. The van der Waals surface area contributed by atoms with E-state index in [9.17, 15) is 0 Å². The van der Waals surface area contributed by atoms with Crippen molar-refractivity contribution in [2.24, 2.45) is 0 Å². The van der Waals surface area contributed by atoms with E-state index in [-0.39, 0.29) is 0 Å². The second-order valence-electron chi connectivity index (χ2n) is 6.67. The molecule has 0 spiro atoms. The van der Waals surface area contributed by atoms with Gasteiger partial charge in [0.2, 0.25) is 0 Å². The Morgan fingerprint density at radius 1 is 1.09 bits per heavy atom. The third kappa shape index (κ3) is 3.03. The van der Waals surface area contributed by atoms with Crippen LogP contribution in [0.25, 0.3) is 0 Å². The second kappa shape index (κ2) is 6.19. The number of benzene rings is 1. The highest BCUT2D eigenvalue weighted by Crippen LogP contribution is 2.33. The number of aryl methyl sites for hydroxylation is 2. The zero-order valence-corrected chi connectivity index (χ0v) is 13.8. The number of anilines is 3. The third-order valence-electron chi connectivity index (χ3n) is 4.92. The molecule has 0 saturated heterocycles. The molecule has 4 heteroatoms.